The van der Waals surface area contributed by atoms with Crippen LogP contribution in [0.25, 0.3) is 0 Å². The van der Waals surface area contributed by atoms with E-state index >= 15 is 0 Å². The normalized spacial score (nSPS) is 10.3. The lowest BCUT2D eigenvalue weighted by atomic mass is 10.1. The topological polar surface area (TPSA) is 133 Å². The third-order valence-corrected chi connectivity index (χ3v) is 4.19. The molecule has 3 rings (SSSR count). The van der Waals surface area contributed by atoms with Gasteiger partial charge in [0.25, 0.3) is 11.8 Å². The first kappa shape index (κ1) is 21.4. The van der Waals surface area contributed by atoms with Crippen molar-refractivity contribution in [3.05, 3.63) is 77.1 Å². The lowest BCUT2D eigenvalue weighted by molar-refractivity contribution is -0.135. The van der Waals surface area contributed by atoms with Gasteiger partial charge in [-0.05, 0) is 68.4 Å². The van der Waals surface area contributed by atoms with Crippen molar-refractivity contribution < 1.29 is 19.5 Å². The van der Waals surface area contributed by atoms with Crippen molar-refractivity contribution in [1.29, 1.82) is 0 Å². The van der Waals surface area contributed by atoms with Crippen LogP contribution in [0.4, 0.5) is 17.3 Å². The van der Waals surface area contributed by atoms with Crippen LogP contribution in [0.1, 0.15) is 32.1 Å². The first-order valence-electron chi connectivity index (χ1n) is 9.41. The van der Waals surface area contributed by atoms with Crippen LogP contribution in [0.2, 0.25) is 0 Å². The number of hydrogen-bond acceptors (Lipinski definition) is 6. The van der Waals surface area contributed by atoms with E-state index in [1.165, 1.54) is 12.1 Å². The van der Waals surface area contributed by atoms with Crippen LogP contribution in [-0.2, 0) is 4.79 Å². The van der Waals surface area contributed by atoms with Gasteiger partial charge < -0.3 is 21.1 Å². The highest BCUT2D eigenvalue weighted by atomic mass is 16.4. The predicted octanol–water partition coefficient (Wildman–Crippen LogP) is 2.90. The molecule has 0 unspecified atom stereocenters. The number of nitrogens with zero attached hydrogens (tertiary/aromatic N) is 2. The monoisotopic (exact) mass is 419 g/mol. The summed E-state index contributed by atoms with van der Waals surface area (Å²) in [4.78, 5) is 43.5. The standard InChI is InChI=1S/C22H21N5O4/c1-13-11-14(2)25-22(24-13)27-18-9-5-16(6-10-18)21(31)26-17-7-3-15(4-8-17)20(30)23-12-19(28)29/h3-11H,12H2,1-2H3,(H,23,30)(H,26,31)(H,28,29)(H,24,25,27). The minimum atomic E-state index is -1.13. The van der Waals surface area contributed by atoms with E-state index in [0.717, 1.165) is 17.1 Å². The van der Waals surface area contributed by atoms with E-state index in [-0.39, 0.29) is 5.91 Å². The number of carboxylic acid groups (broad SMARTS) is 1. The van der Waals surface area contributed by atoms with E-state index in [2.05, 4.69) is 25.9 Å². The minimum Gasteiger partial charge on any atom is -0.480 e. The smallest absolute Gasteiger partial charge is 0.322 e. The first-order valence-corrected chi connectivity index (χ1v) is 9.41. The second-order valence-electron chi connectivity index (χ2n) is 6.78. The van der Waals surface area contributed by atoms with E-state index in [0.29, 0.717) is 22.8 Å². The highest BCUT2D eigenvalue weighted by Crippen LogP contribution is 2.16. The molecule has 0 aliphatic carbocycles. The van der Waals surface area contributed by atoms with Crippen molar-refractivity contribution in [2.45, 2.75) is 13.8 Å². The molecule has 0 atom stereocenters. The number of aliphatic carboxylic acids is 1. The fraction of sp³-hybridized carbons (Fsp3) is 0.136. The minimum absolute atomic E-state index is 0.295. The molecular weight excluding hydrogens is 398 g/mol. The molecule has 9 heteroatoms. The van der Waals surface area contributed by atoms with Crippen LogP contribution >= 0.6 is 0 Å². The van der Waals surface area contributed by atoms with Gasteiger partial charge in [-0.2, -0.15) is 0 Å². The fourth-order valence-corrected chi connectivity index (χ4v) is 2.78. The van der Waals surface area contributed by atoms with Crippen molar-refractivity contribution in [3.8, 4) is 0 Å². The van der Waals surface area contributed by atoms with Gasteiger partial charge in [-0.1, -0.05) is 0 Å². The molecule has 31 heavy (non-hydrogen) atoms. The Morgan fingerprint density at radius 3 is 1.87 bits per heavy atom. The number of hydrogen-bond donors (Lipinski definition) is 4. The van der Waals surface area contributed by atoms with Gasteiger partial charge in [0.2, 0.25) is 5.95 Å². The summed E-state index contributed by atoms with van der Waals surface area (Å²) in [6.07, 6.45) is 0. The molecule has 0 spiro atoms. The summed E-state index contributed by atoms with van der Waals surface area (Å²) >= 11 is 0. The summed E-state index contributed by atoms with van der Waals surface area (Å²) in [7, 11) is 0. The van der Waals surface area contributed by atoms with Crippen molar-refractivity contribution in [2.24, 2.45) is 0 Å². The van der Waals surface area contributed by atoms with Crippen LogP contribution in [-0.4, -0.2) is 39.4 Å². The Balaban J connectivity index is 1.60. The SMILES string of the molecule is Cc1cc(C)nc(Nc2ccc(C(=O)Nc3ccc(C(=O)NCC(=O)O)cc3)cc2)n1. The largest absolute Gasteiger partial charge is 0.480 e. The maximum absolute atomic E-state index is 12.5. The van der Waals surface area contributed by atoms with Gasteiger partial charge in [-0.25, -0.2) is 9.97 Å². The van der Waals surface area contributed by atoms with E-state index in [1.54, 1.807) is 36.4 Å². The number of rotatable bonds is 7. The molecule has 1 aromatic heterocycles. The molecule has 158 valence electrons. The number of aryl methyl sites for hydroxylation is 2. The van der Waals surface area contributed by atoms with E-state index in [9.17, 15) is 14.4 Å². The van der Waals surface area contributed by atoms with Crippen LogP contribution in [0.3, 0.4) is 0 Å². The number of carbonyl (C=O) groups excluding carboxylic acids is 2. The number of aromatic nitrogens is 2. The molecule has 0 saturated heterocycles. The maximum atomic E-state index is 12.5. The van der Waals surface area contributed by atoms with Crippen molar-refractivity contribution in [3.63, 3.8) is 0 Å². The number of carbonyl (C=O) groups is 3. The molecule has 4 N–H and O–H groups in total. The van der Waals surface area contributed by atoms with Crippen molar-refractivity contribution in [2.75, 3.05) is 17.2 Å². The molecule has 9 nitrogen and oxygen atoms in total. The average Bonchev–Trinajstić information content (AvgIpc) is 2.72. The third kappa shape index (κ3) is 6.10. The Morgan fingerprint density at radius 2 is 1.32 bits per heavy atom. The second kappa shape index (κ2) is 9.49. The summed E-state index contributed by atoms with van der Waals surface area (Å²) in [5.74, 6) is -1.45. The van der Waals surface area contributed by atoms with Gasteiger partial charge in [0, 0.05) is 33.9 Å². The van der Waals surface area contributed by atoms with Crippen LogP contribution in [0, 0.1) is 13.8 Å². The number of amides is 2. The summed E-state index contributed by atoms with van der Waals surface area (Å²) in [5, 5.41) is 16.7. The van der Waals surface area contributed by atoms with Gasteiger partial charge in [-0.15, -0.1) is 0 Å². The molecule has 2 aromatic carbocycles. The lowest BCUT2D eigenvalue weighted by Gasteiger charge is -2.09. The Labute approximate surface area is 178 Å². The van der Waals surface area contributed by atoms with Crippen molar-refractivity contribution >= 4 is 35.1 Å². The Bertz CT molecular complexity index is 1090. The Hall–Kier alpha value is -4.27. The lowest BCUT2D eigenvalue weighted by Crippen LogP contribution is -2.29. The van der Waals surface area contributed by atoms with Gasteiger partial charge in [0.05, 0.1) is 0 Å². The van der Waals surface area contributed by atoms with Crippen LogP contribution in [0.5, 0.6) is 0 Å². The molecule has 1 heterocycles. The fourth-order valence-electron chi connectivity index (χ4n) is 2.78. The van der Waals surface area contributed by atoms with E-state index in [4.69, 9.17) is 5.11 Å². The molecule has 0 aliphatic heterocycles. The van der Waals surface area contributed by atoms with E-state index in [1.807, 2.05) is 19.9 Å². The summed E-state index contributed by atoms with van der Waals surface area (Å²) in [5.41, 5.74) is 3.72. The Morgan fingerprint density at radius 1 is 0.806 bits per heavy atom. The van der Waals surface area contributed by atoms with Gasteiger partial charge in [0.1, 0.15) is 6.54 Å². The average molecular weight is 419 g/mol. The maximum Gasteiger partial charge on any atom is 0.322 e. The summed E-state index contributed by atoms with van der Waals surface area (Å²) in [6, 6.07) is 14.9. The highest BCUT2D eigenvalue weighted by Gasteiger charge is 2.10. The molecule has 0 radical (unpaired) electrons. The zero-order valence-electron chi connectivity index (χ0n) is 17.0. The summed E-state index contributed by atoms with van der Waals surface area (Å²) < 4.78 is 0. The molecule has 3 aromatic rings. The number of nitrogens with one attached hydrogen (secondary N) is 3. The van der Waals surface area contributed by atoms with E-state index < -0.39 is 18.4 Å². The van der Waals surface area contributed by atoms with Crippen molar-refractivity contribution in [1.82, 2.24) is 15.3 Å². The molecule has 0 aliphatic rings. The van der Waals surface area contributed by atoms with Gasteiger partial charge in [0.15, 0.2) is 0 Å². The predicted molar refractivity (Wildman–Crippen MR) is 116 cm³/mol. The zero-order chi connectivity index (χ0) is 22.4. The molecule has 0 saturated carbocycles. The first-order chi connectivity index (χ1) is 14.8. The number of anilines is 3. The highest BCUT2D eigenvalue weighted by molar-refractivity contribution is 6.04. The van der Waals surface area contributed by atoms with Gasteiger partial charge in [-0.3, -0.25) is 14.4 Å². The Kier molecular flexibility index (Phi) is 6.56. The van der Waals surface area contributed by atoms with Crippen LogP contribution in [0.15, 0.2) is 54.6 Å². The third-order valence-electron chi connectivity index (χ3n) is 4.19. The molecular formula is C22H21N5O4. The van der Waals surface area contributed by atoms with Crippen LogP contribution < -0.4 is 16.0 Å². The molecule has 2 amide bonds. The summed E-state index contributed by atoms with van der Waals surface area (Å²) in [6.45, 7) is 3.32. The molecule has 0 bridgehead atoms. The quantitative estimate of drug-likeness (QED) is 0.463. The zero-order valence-corrected chi connectivity index (χ0v) is 17.0. The number of benzene rings is 2. The van der Waals surface area contributed by atoms with Gasteiger partial charge >= 0.3 is 5.97 Å². The second-order valence-corrected chi connectivity index (χ2v) is 6.78. The molecule has 0 fully saturated rings. The number of carboxylic acids is 1.